The van der Waals surface area contributed by atoms with Gasteiger partial charge in [-0.3, -0.25) is 9.78 Å². The minimum Gasteiger partial charge on any atom is -0.479 e. The van der Waals surface area contributed by atoms with Crippen molar-refractivity contribution in [2.24, 2.45) is 0 Å². The predicted molar refractivity (Wildman–Crippen MR) is 54.3 cm³/mol. The summed E-state index contributed by atoms with van der Waals surface area (Å²) in [6.07, 6.45) is 0. The van der Waals surface area contributed by atoms with Gasteiger partial charge in [0.15, 0.2) is 0 Å². The van der Waals surface area contributed by atoms with Crippen LogP contribution in [0.15, 0.2) is 15.7 Å². The summed E-state index contributed by atoms with van der Waals surface area (Å²) in [5.74, 6) is 0.244. The first-order valence-corrected chi connectivity index (χ1v) is 4.30. The van der Waals surface area contributed by atoms with Crippen molar-refractivity contribution in [3.05, 3.63) is 32.6 Å². The Kier molecular flexibility index (Phi) is 2.03. The van der Waals surface area contributed by atoms with Crippen LogP contribution in [0, 0.1) is 6.92 Å². The van der Waals surface area contributed by atoms with E-state index in [1.54, 1.807) is 13.0 Å². The fourth-order valence-corrected chi connectivity index (χ4v) is 1.41. The van der Waals surface area contributed by atoms with E-state index in [0.717, 1.165) is 0 Å². The normalized spacial score (nSPS) is 10.5. The smallest absolute Gasteiger partial charge is 0.326 e. The summed E-state index contributed by atoms with van der Waals surface area (Å²) in [6, 6.07) is 1.59. The summed E-state index contributed by atoms with van der Waals surface area (Å²) in [5, 5.41) is 0.360. The van der Waals surface area contributed by atoms with Crippen LogP contribution in [-0.4, -0.2) is 22.1 Å². The Hall–Kier alpha value is -2.11. The Balaban J connectivity index is 3.03. The van der Waals surface area contributed by atoms with Crippen LogP contribution in [0.3, 0.4) is 0 Å². The van der Waals surface area contributed by atoms with Crippen molar-refractivity contribution < 1.29 is 4.74 Å². The van der Waals surface area contributed by atoms with Crippen molar-refractivity contribution in [2.75, 3.05) is 7.11 Å². The number of nitrogens with zero attached hydrogens (tertiary/aromatic N) is 1. The highest BCUT2D eigenvalue weighted by molar-refractivity contribution is 5.82. The van der Waals surface area contributed by atoms with Crippen molar-refractivity contribution in [3.63, 3.8) is 0 Å². The largest absolute Gasteiger partial charge is 0.479 e. The van der Waals surface area contributed by atoms with Gasteiger partial charge in [0.1, 0.15) is 5.52 Å². The molecule has 2 rings (SSSR count). The van der Waals surface area contributed by atoms with Crippen LogP contribution in [0.4, 0.5) is 0 Å². The fourth-order valence-electron chi connectivity index (χ4n) is 1.41. The Morgan fingerprint density at radius 1 is 1.33 bits per heavy atom. The highest BCUT2D eigenvalue weighted by Gasteiger charge is 2.08. The van der Waals surface area contributed by atoms with E-state index in [4.69, 9.17) is 4.74 Å². The number of aromatic nitrogens is 3. The molecule has 2 aromatic heterocycles. The van der Waals surface area contributed by atoms with E-state index < -0.39 is 11.2 Å². The first kappa shape index (κ1) is 9.45. The maximum atomic E-state index is 11.5. The SMILES string of the molecule is COc1nc(C)cc2c(=O)[nH]c(=O)[nH]c12. The number of nitrogens with one attached hydrogen (secondary N) is 2. The summed E-state index contributed by atoms with van der Waals surface area (Å²) in [7, 11) is 1.43. The molecule has 0 aliphatic rings. The summed E-state index contributed by atoms with van der Waals surface area (Å²) < 4.78 is 4.98. The van der Waals surface area contributed by atoms with Gasteiger partial charge in [0.05, 0.1) is 12.5 Å². The van der Waals surface area contributed by atoms with Crippen molar-refractivity contribution in [1.82, 2.24) is 15.0 Å². The van der Waals surface area contributed by atoms with E-state index in [-0.39, 0.29) is 5.88 Å². The number of H-pyrrole nitrogens is 2. The van der Waals surface area contributed by atoms with Gasteiger partial charge in [-0.05, 0) is 13.0 Å². The van der Waals surface area contributed by atoms with Crippen LogP contribution in [0.5, 0.6) is 5.88 Å². The molecule has 2 N–H and O–H groups in total. The first-order chi connectivity index (χ1) is 7.11. The maximum Gasteiger partial charge on any atom is 0.326 e. The molecule has 15 heavy (non-hydrogen) atoms. The Labute approximate surface area is 83.9 Å². The van der Waals surface area contributed by atoms with Crippen LogP contribution in [0.1, 0.15) is 5.69 Å². The molecule has 0 spiro atoms. The van der Waals surface area contributed by atoms with Gasteiger partial charge in [0.2, 0.25) is 5.88 Å². The number of aromatic amines is 2. The molecular formula is C9H9N3O3. The quantitative estimate of drug-likeness (QED) is 0.685. The van der Waals surface area contributed by atoms with E-state index in [2.05, 4.69) is 15.0 Å². The second-order valence-electron chi connectivity index (χ2n) is 3.10. The summed E-state index contributed by atoms with van der Waals surface area (Å²) in [5.41, 5.74) is -0.0530. The molecule has 0 bridgehead atoms. The number of methoxy groups -OCH3 is 1. The van der Waals surface area contributed by atoms with Crippen LogP contribution in [0.2, 0.25) is 0 Å². The van der Waals surface area contributed by atoms with Crippen molar-refractivity contribution in [3.8, 4) is 5.88 Å². The topological polar surface area (TPSA) is 87.8 Å². The average molecular weight is 207 g/mol. The molecule has 0 saturated carbocycles. The average Bonchev–Trinajstić information content (AvgIpc) is 2.18. The lowest BCUT2D eigenvalue weighted by atomic mass is 10.2. The van der Waals surface area contributed by atoms with Crippen LogP contribution in [-0.2, 0) is 0 Å². The molecule has 78 valence electrons. The highest BCUT2D eigenvalue weighted by atomic mass is 16.5. The van der Waals surface area contributed by atoms with Gasteiger partial charge in [-0.25, -0.2) is 9.78 Å². The zero-order valence-corrected chi connectivity index (χ0v) is 8.25. The molecule has 2 aromatic rings. The lowest BCUT2D eigenvalue weighted by molar-refractivity contribution is 0.401. The molecule has 0 saturated heterocycles. The van der Waals surface area contributed by atoms with E-state index in [0.29, 0.717) is 16.6 Å². The maximum absolute atomic E-state index is 11.5. The molecule has 0 aliphatic heterocycles. The molecule has 0 fully saturated rings. The molecule has 6 heteroatoms. The molecule has 0 aliphatic carbocycles. The van der Waals surface area contributed by atoms with Gasteiger partial charge in [-0.2, -0.15) is 0 Å². The predicted octanol–water partition coefficient (Wildman–Crippen LogP) is -0.0716. The van der Waals surface area contributed by atoms with Crippen LogP contribution < -0.4 is 16.0 Å². The molecule has 2 heterocycles. The lowest BCUT2D eigenvalue weighted by Gasteiger charge is -2.04. The molecule has 6 nitrogen and oxygen atoms in total. The number of hydrogen-bond donors (Lipinski definition) is 2. The van der Waals surface area contributed by atoms with Gasteiger partial charge in [0, 0.05) is 5.69 Å². The number of hydrogen-bond acceptors (Lipinski definition) is 4. The molecule has 0 unspecified atom stereocenters. The van der Waals surface area contributed by atoms with Crippen molar-refractivity contribution >= 4 is 10.9 Å². The Morgan fingerprint density at radius 3 is 2.73 bits per heavy atom. The summed E-state index contributed by atoms with van der Waals surface area (Å²) in [6.45, 7) is 1.74. The zero-order valence-electron chi connectivity index (χ0n) is 8.25. The van der Waals surface area contributed by atoms with Crippen LogP contribution >= 0.6 is 0 Å². The molecule has 0 aromatic carbocycles. The standard InChI is InChI=1S/C9H9N3O3/c1-4-3-5-6(8(10-4)15-2)11-9(14)12-7(5)13/h3H,1-2H3,(H2,11,12,13,14). The molecule has 0 radical (unpaired) electrons. The number of pyridine rings is 1. The molecule has 0 amide bonds. The number of rotatable bonds is 1. The number of ether oxygens (including phenoxy) is 1. The third-order valence-electron chi connectivity index (χ3n) is 2.02. The van der Waals surface area contributed by atoms with Gasteiger partial charge < -0.3 is 9.72 Å². The Bertz CT molecular complexity index is 627. The van der Waals surface area contributed by atoms with E-state index in [9.17, 15) is 9.59 Å². The Morgan fingerprint density at radius 2 is 2.07 bits per heavy atom. The van der Waals surface area contributed by atoms with E-state index in [1.807, 2.05) is 0 Å². The first-order valence-electron chi connectivity index (χ1n) is 4.30. The second kappa shape index (κ2) is 3.23. The molecule has 0 atom stereocenters. The highest BCUT2D eigenvalue weighted by Crippen LogP contribution is 2.17. The van der Waals surface area contributed by atoms with Crippen molar-refractivity contribution in [2.45, 2.75) is 6.92 Å². The zero-order chi connectivity index (χ0) is 11.0. The number of aryl methyl sites for hydroxylation is 1. The van der Waals surface area contributed by atoms with E-state index >= 15 is 0 Å². The fraction of sp³-hybridized carbons (Fsp3) is 0.222. The van der Waals surface area contributed by atoms with Crippen molar-refractivity contribution in [1.29, 1.82) is 0 Å². The summed E-state index contributed by atoms with van der Waals surface area (Å²) in [4.78, 5) is 31.2. The summed E-state index contributed by atoms with van der Waals surface area (Å²) >= 11 is 0. The minimum absolute atomic E-state index is 0.244. The number of fused-ring (bicyclic) bond motifs is 1. The monoisotopic (exact) mass is 207 g/mol. The molecular weight excluding hydrogens is 198 g/mol. The third-order valence-corrected chi connectivity index (χ3v) is 2.02. The minimum atomic E-state index is -0.573. The van der Waals surface area contributed by atoms with E-state index in [1.165, 1.54) is 7.11 Å². The third kappa shape index (κ3) is 1.50. The van der Waals surface area contributed by atoms with Crippen LogP contribution in [0.25, 0.3) is 10.9 Å². The lowest BCUT2D eigenvalue weighted by Crippen LogP contribution is -2.22. The second-order valence-corrected chi connectivity index (χ2v) is 3.10. The van der Waals surface area contributed by atoms with Gasteiger partial charge in [-0.15, -0.1) is 0 Å². The van der Waals surface area contributed by atoms with Gasteiger partial charge in [0.25, 0.3) is 5.56 Å². The van der Waals surface area contributed by atoms with Gasteiger partial charge in [-0.1, -0.05) is 0 Å². The van der Waals surface area contributed by atoms with Gasteiger partial charge >= 0.3 is 5.69 Å².